The van der Waals surface area contributed by atoms with Crippen molar-refractivity contribution in [1.29, 1.82) is 0 Å². The molecule has 0 radical (unpaired) electrons. The van der Waals surface area contributed by atoms with Crippen LogP contribution in [0.3, 0.4) is 0 Å². The molecular weight excluding hydrogens is 426 g/mol. The summed E-state index contributed by atoms with van der Waals surface area (Å²) in [5, 5.41) is 0. The summed E-state index contributed by atoms with van der Waals surface area (Å²) in [6.07, 6.45) is 3.45. The lowest BCUT2D eigenvalue weighted by atomic mass is 10.1. The van der Waals surface area contributed by atoms with Crippen molar-refractivity contribution < 1.29 is 33.3 Å². The fourth-order valence-electron chi connectivity index (χ4n) is 3.00. The van der Waals surface area contributed by atoms with Crippen molar-refractivity contribution in [1.82, 2.24) is 15.0 Å². The molecule has 0 bridgehead atoms. The van der Waals surface area contributed by atoms with Crippen molar-refractivity contribution >= 4 is 29.7 Å². The van der Waals surface area contributed by atoms with Crippen molar-refractivity contribution in [3.8, 4) is 17.0 Å². The summed E-state index contributed by atoms with van der Waals surface area (Å²) in [7, 11) is 0. The summed E-state index contributed by atoms with van der Waals surface area (Å²) in [6, 6.07) is 3.45. The molecule has 0 spiro atoms. The molecule has 3 heterocycles. The van der Waals surface area contributed by atoms with Crippen LogP contribution in [0.25, 0.3) is 11.3 Å². The molecule has 2 aromatic rings. The quantitative estimate of drug-likeness (QED) is 0.475. The van der Waals surface area contributed by atoms with Crippen LogP contribution in [0.15, 0.2) is 37.1 Å². The predicted octanol–water partition coefficient (Wildman–Crippen LogP) is 1.79. The zero-order valence-electron chi connectivity index (χ0n) is 17.1. The van der Waals surface area contributed by atoms with E-state index < -0.39 is 41.7 Å². The van der Waals surface area contributed by atoms with E-state index in [0.29, 0.717) is 11.4 Å². The Balaban J connectivity index is 1.80. The Morgan fingerprint density at radius 1 is 0.903 bits per heavy atom. The van der Waals surface area contributed by atoms with Gasteiger partial charge in [0.2, 0.25) is 0 Å². The first-order valence-corrected chi connectivity index (χ1v) is 10.4. The lowest BCUT2D eigenvalue weighted by molar-refractivity contribution is -0.186. The normalized spacial score (nSPS) is 22.8. The smallest absolute Gasteiger partial charge is 0.303 e. The Labute approximate surface area is 182 Å². The SMILES string of the molecule is CC(=O)O[C@@H]1[C@@H](OC(C)=O)[C@H](OC(C)=O)CS[C@H]1Oc1ccc(-c2cncnc2)nc1. The van der Waals surface area contributed by atoms with E-state index in [1.165, 1.54) is 45.1 Å². The third-order valence-electron chi connectivity index (χ3n) is 4.15. The van der Waals surface area contributed by atoms with Gasteiger partial charge in [0.05, 0.1) is 11.9 Å². The number of thioether (sulfide) groups is 1. The number of hydrogen-bond donors (Lipinski definition) is 0. The number of rotatable bonds is 6. The van der Waals surface area contributed by atoms with Gasteiger partial charge in [-0.1, -0.05) is 0 Å². The summed E-state index contributed by atoms with van der Waals surface area (Å²) in [6.45, 7) is 3.72. The molecule has 31 heavy (non-hydrogen) atoms. The van der Waals surface area contributed by atoms with E-state index >= 15 is 0 Å². The number of pyridine rings is 1. The Morgan fingerprint density at radius 2 is 1.55 bits per heavy atom. The maximum atomic E-state index is 11.7. The third-order valence-corrected chi connectivity index (χ3v) is 5.36. The fourth-order valence-corrected chi connectivity index (χ4v) is 4.21. The average molecular weight is 447 g/mol. The summed E-state index contributed by atoms with van der Waals surface area (Å²) < 4.78 is 22.0. The molecule has 10 nitrogen and oxygen atoms in total. The van der Waals surface area contributed by atoms with Gasteiger partial charge in [0.25, 0.3) is 0 Å². The van der Waals surface area contributed by atoms with E-state index in [9.17, 15) is 14.4 Å². The van der Waals surface area contributed by atoms with Crippen LogP contribution in [-0.4, -0.2) is 62.4 Å². The largest absolute Gasteiger partial charge is 0.474 e. The molecule has 1 fully saturated rings. The van der Waals surface area contributed by atoms with Gasteiger partial charge in [-0.25, -0.2) is 9.97 Å². The van der Waals surface area contributed by atoms with E-state index in [1.54, 1.807) is 24.5 Å². The molecule has 0 N–H and O–H groups in total. The molecule has 4 atom stereocenters. The minimum Gasteiger partial charge on any atom is -0.474 e. The van der Waals surface area contributed by atoms with Crippen molar-refractivity contribution in [2.45, 2.75) is 44.5 Å². The Morgan fingerprint density at radius 3 is 2.13 bits per heavy atom. The number of nitrogens with zero attached hydrogens (tertiary/aromatic N) is 3. The molecule has 0 amide bonds. The maximum absolute atomic E-state index is 11.7. The van der Waals surface area contributed by atoms with Crippen LogP contribution in [0.4, 0.5) is 0 Å². The van der Waals surface area contributed by atoms with Crippen LogP contribution < -0.4 is 4.74 Å². The van der Waals surface area contributed by atoms with Crippen molar-refractivity contribution in [3.05, 3.63) is 37.1 Å². The minimum atomic E-state index is -1.01. The van der Waals surface area contributed by atoms with E-state index in [4.69, 9.17) is 18.9 Å². The first kappa shape index (κ1) is 22.5. The topological polar surface area (TPSA) is 127 Å². The lowest BCUT2D eigenvalue weighted by Crippen LogP contribution is -2.55. The highest BCUT2D eigenvalue weighted by atomic mass is 32.2. The van der Waals surface area contributed by atoms with Crippen LogP contribution in [-0.2, 0) is 28.6 Å². The minimum absolute atomic E-state index is 0.285. The molecule has 0 aliphatic carbocycles. The molecular formula is C20H21N3O7S. The lowest BCUT2D eigenvalue weighted by Gasteiger charge is -2.39. The van der Waals surface area contributed by atoms with Gasteiger partial charge in [0, 0.05) is 44.5 Å². The van der Waals surface area contributed by atoms with Gasteiger partial charge >= 0.3 is 17.9 Å². The van der Waals surface area contributed by atoms with Crippen LogP contribution in [0.5, 0.6) is 5.75 Å². The molecule has 11 heteroatoms. The van der Waals surface area contributed by atoms with Gasteiger partial charge in [-0.05, 0) is 12.1 Å². The van der Waals surface area contributed by atoms with E-state index in [-0.39, 0.29) is 5.75 Å². The summed E-state index contributed by atoms with van der Waals surface area (Å²) in [5.41, 5.74) is 0.694. The van der Waals surface area contributed by atoms with E-state index in [2.05, 4.69) is 15.0 Å². The number of ether oxygens (including phenoxy) is 4. The highest BCUT2D eigenvalue weighted by molar-refractivity contribution is 7.99. The highest BCUT2D eigenvalue weighted by Gasteiger charge is 2.47. The molecule has 3 rings (SSSR count). The Hall–Kier alpha value is -3.21. The number of carbonyl (C=O) groups is 3. The van der Waals surface area contributed by atoms with Crippen LogP contribution in [0, 0.1) is 0 Å². The zero-order chi connectivity index (χ0) is 22.4. The molecule has 2 aromatic heterocycles. The molecule has 1 aliphatic heterocycles. The van der Waals surface area contributed by atoms with Crippen molar-refractivity contribution in [3.63, 3.8) is 0 Å². The average Bonchev–Trinajstić information content (AvgIpc) is 2.72. The van der Waals surface area contributed by atoms with Gasteiger partial charge in [0.1, 0.15) is 12.1 Å². The van der Waals surface area contributed by atoms with E-state index in [1.807, 2.05) is 0 Å². The van der Waals surface area contributed by atoms with Crippen molar-refractivity contribution in [2.24, 2.45) is 0 Å². The van der Waals surface area contributed by atoms with E-state index in [0.717, 1.165) is 5.56 Å². The van der Waals surface area contributed by atoms with Crippen LogP contribution in [0.2, 0.25) is 0 Å². The second-order valence-electron chi connectivity index (χ2n) is 6.62. The zero-order valence-corrected chi connectivity index (χ0v) is 17.9. The van der Waals surface area contributed by atoms with Gasteiger partial charge in [0.15, 0.2) is 23.7 Å². The standard InChI is InChI=1S/C20H21N3O7S/c1-11(24)27-17-9-31-20(19(29-13(3)26)18(17)28-12(2)25)30-15-4-5-16(23-8-15)14-6-21-10-22-7-14/h4-8,10,17-20H,9H2,1-3H3/t17-,18+,19-,20-/m1/s1. The summed E-state index contributed by atoms with van der Waals surface area (Å²) >= 11 is 1.27. The first-order valence-electron chi connectivity index (χ1n) is 9.35. The second-order valence-corrected chi connectivity index (χ2v) is 7.75. The molecule has 1 saturated heterocycles. The third kappa shape index (κ3) is 6.14. The predicted molar refractivity (Wildman–Crippen MR) is 109 cm³/mol. The molecule has 1 aliphatic rings. The molecule has 0 saturated carbocycles. The number of carbonyl (C=O) groups excluding carboxylic acids is 3. The monoisotopic (exact) mass is 447 g/mol. The molecule has 0 unspecified atom stereocenters. The Bertz CT molecular complexity index is 926. The molecule has 164 valence electrons. The highest BCUT2D eigenvalue weighted by Crippen LogP contribution is 2.34. The number of esters is 3. The number of hydrogen-bond acceptors (Lipinski definition) is 11. The Kier molecular flexibility index (Phi) is 7.40. The summed E-state index contributed by atoms with van der Waals surface area (Å²) in [4.78, 5) is 47.1. The maximum Gasteiger partial charge on any atom is 0.303 e. The van der Waals surface area contributed by atoms with Gasteiger partial charge < -0.3 is 18.9 Å². The van der Waals surface area contributed by atoms with Crippen molar-refractivity contribution in [2.75, 3.05) is 5.75 Å². The van der Waals surface area contributed by atoms with Gasteiger partial charge in [-0.15, -0.1) is 11.8 Å². The fraction of sp³-hybridized carbons (Fsp3) is 0.400. The van der Waals surface area contributed by atoms with Gasteiger partial charge in [-0.2, -0.15) is 0 Å². The number of aromatic nitrogens is 3. The molecule has 0 aromatic carbocycles. The van der Waals surface area contributed by atoms with Crippen LogP contribution >= 0.6 is 11.8 Å². The summed E-state index contributed by atoms with van der Waals surface area (Å²) in [5.74, 6) is -1.01. The second kappa shape index (κ2) is 10.2. The van der Waals surface area contributed by atoms with Crippen LogP contribution in [0.1, 0.15) is 20.8 Å². The first-order chi connectivity index (χ1) is 14.8. The van der Waals surface area contributed by atoms with Gasteiger partial charge in [-0.3, -0.25) is 19.4 Å².